The van der Waals surface area contributed by atoms with Crippen molar-refractivity contribution in [3.8, 4) is 0 Å². The van der Waals surface area contributed by atoms with Crippen molar-refractivity contribution in [3.05, 3.63) is 0 Å². The number of aliphatic hydroxyl groups excluding tert-OH is 10. The number of nitrogens with one attached hydrogen (secondary N) is 3. The van der Waals surface area contributed by atoms with Crippen LogP contribution in [0.3, 0.4) is 0 Å². The van der Waals surface area contributed by atoms with Crippen molar-refractivity contribution in [2.45, 2.75) is 106 Å². The lowest BCUT2D eigenvalue weighted by Gasteiger charge is -2.39. The fraction of sp³-hybridized carbons (Fsp3) is 0.906. The molecule has 3 aliphatic rings. The van der Waals surface area contributed by atoms with Gasteiger partial charge in [0.1, 0.15) is 87.0 Å². The zero-order valence-electron chi connectivity index (χ0n) is 30.6. The molecule has 0 saturated carbocycles. The second kappa shape index (κ2) is 23.8. The highest BCUT2D eigenvalue weighted by molar-refractivity contribution is 5.77. The number of carbonyl (C=O) groups is 3. The number of rotatable bonds is 23. The van der Waals surface area contributed by atoms with Gasteiger partial charge in [0.2, 0.25) is 17.7 Å². The van der Waals surface area contributed by atoms with Crippen molar-refractivity contribution in [2.24, 2.45) is 0 Å². The van der Waals surface area contributed by atoms with Gasteiger partial charge in [0.05, 0.1) is 25.9 Å². The predicted octanol–water partition coefficient (Wildman–Crippen LogP) is -8.42. The summed E-state index contributed by atoms with van der Waals surface area (Å²) in [4.78, 5) is 39.0. The minimum atomic E-state index is -1.65. The first-order valence-corrected chi connectivity index (χ1v) is 18.1. The van der Waals surface area contributed by atoms with Crippen LogP contribution in [0.5, 0.6) is 0 Å². The summed E-state index contributed by atoms with van der Waals surface area (Å²) in [6, 6.07) is 0. The summed E-state index contributed by atoms with van der Waals surface area (Å²) in [5.74, 6) is -1.56. The molecule has 0 spiro atoms. The average Bonchev–Trinajstić information content (AvgIpc) is 3.41. The Morgan fingerprint density at radius 1 is 0.545 bits per heavy atom. The molecule has 0 aliphatic carbocycles. The van der Waals surface area contributed by atoms with E-state index in [4.69, 9.17) is 28.4 Å². The number of hydrogen-bond acceptors (Lipinski definition) is 20. The van der Waals surface area contributed by atoms with Gasteiger partial charge in [-0.25, -0.2) is 0 Å². The van der Waals surface area contributed by atoms with Gasteiger partial charge in [-0.2, -0.15) is 0 Å². The van der Waals surface area contributed by atoms with E-state index >= 15 is 0 Å². The SMILES string of the molecule is C[C@@H]1O[C@H](COCC(=O)NCCN(CCCNC(=O)COC2OC(CO)C(O)C(O)C2O)CCCNC(=O)COC2OC(CO)C(O)C(O)C2O)[C@@H](O)[C@H]1O. The number of ether oxygens (including phenoxy) is 6. The molecule has 55 heavy (non-hydrogen) atoms. The summed E-state index contributed by atoms with van der Waals surface area (Å²) in [7, 11) is 0. The van der Waals surface area contributed by atoms with Gasteiger partial charge in [-0.05, 0) is 32.9 Å². The van der Waals surface area contributed by atoms with Crippen LogP contribution in [0.25, 0.3) is 0 Å². The number of aliphatic hydroxyl groups is 10. The van der Waals surface area contributed by atoms with Gasteiger partial charge >= 0.3 is 0 Å². The first-order valence-electron chi connectivity index (χ1n) is 18.1. The molecule has 14 atom stereocenters. The maximum absolute atomic E-state index is 12.4. The Morgan fingerprint density at radius 2 is 0.982 bits per heavy atom. The molecule has 0 aromatic rings. The zero-order chi connectivity index (χ0) is 40.7. The molecule has 320 valence electrons. The van der Waals surface area contributed by atoms with Gasteiger partial charge in [0.15, 0.2) is 12.6 Å². The highest BCUT2D eigenvalue weighted by Crippen LogP contribution is 2.23. The summed E-state index contributed by atoms with van der Waals surface area (Å²) >= 11 is 0. The van der Waals surface area contributed by atoms with Crippen LogP contribution in [0, 0.1) is 0 Å². The van der Waals surface area contributed by atoms with E-state index in [0.29, 0.717) is 32.5 Å². The molecule has 0 aromatic carbocycles. The number of carbonyl (C=O) groups excluding carboxylic acids is 3. The lowest BCUT2D eigenvalue weighted by atomic mass is 9.99. The quantitative estimate of drug-likeness (QED) is 0.0427. The molecule has 23 nitrogen and oxygen atoms in total. The third-order valence-electron chi connectivity index (χ3n) is 9.27. The Morgan fingerprint density at radius 3 is 1.42 bits per heavy atom. The molecule has 3 amide bonds. The molecular formula is C32H58N4O19. The van der Waals surface area contributed by atoms with Crippen molar-refractivity contribution in [1.82, 2.24) is 20.9 Å². The van der Waals surface area contributed by atoms with Crippen molar-refractivity contribution < 1.29 is 93.9 Å². The lowest BCUT2D eigenvalue weighted by molar-refractivity contribution is -0.299. The highest BCUT2D eigenvalue weighted by Gasteiger charge is 2.45. The van der Waals surface area contributed by atoms with Gasteiger partial charge in [-0.3, -0.25) is 14.4 Å². The number of nitrogens with zero attached hydrogens (tertiary/aromatic N) is 1. The molecule has 3 aliphatic heterocycles. The van der Waals surface area contributed by atoms with Crippen molar-refractivity contribution in [2.75, 3.05) is 78.9 Å². The van der Waals surface area contributed by atoms with Crippen LogP contribution in [0.15, 0.2) is 0 Å². The Bertz CT molecular complexity index is 1100. The average molecular weight is 803 g/mol. The van der Waals surface area contributed by atoms with Gasteiger partial charge in [0, 0.05) is 26.2 Å². The molecule has 3 rings (SSSR count). The van der Waals surface area contributed by atoms with E-state index in [9.17, 15) is 65.4 Å². The maximum Gasteiger partial charge on any atom is 0.246 e. The molecule has 0 aromatic heterocycles. The molecule has 3 heterocycles. The lowest BCUT2D eigenvalue weighted by Crippen LogP contribution is -2.59. The van der Waals surface area contributed by atoms with Crippen LogP contribution in [0.2, 0.25) is 0 Å². The van der Waals surface area contributed by atoms with Crippen LogP contribution < -0.4 is 16.0 Å². The first-order chi connectivity index (χ1) is 26.2. The van der Waals surface area contributed by atoms with Crippen molar-refractivity contribution >= 4 is 17.7 Å². The second-order valence-electron chi connectivity index (χ2n) is 13.5. The monoisotopic (exact) mass is 802 g/mol. The topological polar surface area (TPSA) is 348 Å². The molecular weight excluding hydrogens is 744 g/mol. The summed E-state index contributed by atoms with van der Waals surface area (Å²) in [5, 5.41) is 106. The zero-order valence-corrected chi connectivity index (χ0v) is 30.6. The standard InChI is InChI=1S/C32H58N4O19/c1-16-23(42)26(45)19(53-16)12-50-13-20(39)35-6-9-36(7-2-4-33-21(40)14-51-31-29(48)27(46)24(43)17(10-37)54-31)8-3-5-34-22(41)15-52-32-30(49)28(47)25(44)18(11-38)55-32/h16-19,23-32,37-38,42-49H,2-15H2,1H3,(H,33,40)(H,34,41)(H,35,39)/t16-,17?,18?,19+,23-,24?,25?,26+,27?,28?,29?,30?,31?,32?/m0/s1. The smallest absolute Gasteiger partial charge is 0.246 e. The van der Waals surface area contributed by atoms with Crippen LogP contribution in [-0.4, -0.2) is 238 Å². The normalized spacial score (nSPS) is 35.1. The van der Waals surface area contributed by atoms with E-state index in [1.54, 1.807) is 6.92 Å². The predicted molar refractivity (Wildman–Crippen MR) is 181 cm³/mol. The maximum atomic E-state index is 12.4. The number of hydrogen-bond donors (Lipinski definition) is 13. The summed E-state index contributed by atoms with van der Waals surface area (Å²) in [5.41, 5.74) is 0. The van der Waals surface area contributed by atoms with E-state index < -0.39 is 130 Å². The Balaban J connectivity index is 1.39. The van der Waals surface area contributed by atoms with E-state index in [1.807, 2.05) is 4.90 Å². The molecule has 0 bridgehead atoms. The van der Waals surface area contributed by atoms with E-state index in [2.05, 4.69) is 16.0 Å². The second-order valence-corrected chi connectivity index (χ2v) is 13.5. The summed E-state index contributed by atoms with van der Waals surface area (Å²) in [6.45, 7) is 0.637. The highest BCUT2D eigenvalue weighted by atomic mass is 16.7. The van der Waals surface area contributed by atoms with E-state index in [-0.39, 0.29) is 32.8 Å². The Labute approximate surface area is 317 Å². The first kappa shape index (κ1) is 47.1. The van der Waals surface area contributed by atoms with E-state index in [0.717, 1.165) is 0 Å². The fourth-order valence-corrected chi connectivity index (χ4v) is 5.97. The summed E-state index contributed by atoms with van der Waals surface area (Å²) < 4.78 is 31.7. The van der Waals surface area contributed by atoms with Gasteiger partial charge in [-0.15, -0.1) is 0 Å². The van der Waals surface area contributed by atoms with Gasteiger partial charge in [-0.1, -0.05) is 0 Å². The fourth-order valence-electron chi connectivity index (χ4n) is 5.97. The van der Waals surface area contributed by atoms with Gasteiger partial charge < -0.3 is 100 Å². The van der Waals surface area contributed by atoms with Crippen molar-refractivity contribution in [1.29, 1.82) is 0 Å². The molecule has 0 radical (unpaired) electrons. The minimum absolute atomic E-state index is 0.0966. The third-order valence-corrected chi connectivity index (χ3v) is 9.27. The van der Waals surface area contributed by atoms with Crippen molar-refractivity contribution in [3.63, 3.8) is 0 Å². The largest absolute Gasteiger partial charge is 0.394 e. The molecule has 23 heteroatoms. The van der Waals surface area contributed by atoms with E-state index in [1.165, 1.54) is 0 Å². The molecule has 3 saturated heterocycles. The Kier molecular flexibility index (Phi) is 20.4. The molecule has 10 unspecified atom stereocenters. The Hall–Kier alpha value is -2.27. The van der Waals surface area contributed by atoms with Crippen LogP contribution in [0.1, 0.15) is 19.8 Å². The van der Waals surface area contributed by atoms with Crippen LogP contribution >= 0.6 is 0 Å². The minimum Gasteiger partial charge on any atom is -0.394 e. The van der Waals surface area contributed by atoms with Crippen LogP contribution in [-0.2, 0) is 42.8 Å². The molecule has 13 N–H and O–H groups in total. The summed E-state index contributed by atoms with van der Waals surface area (Å²) in [6.07, 6.45) is -17.7. The molecule has 3 fully saturated rings. The number of amides is 3. The van der Waals surface area contributed by atoms with Gasteiger partial charge in [0.25, 0.3) is 0 Å². The third kappa shape index (κ3) is 14.6. The van der Waals surface area contributed by atoms with Crippen LogP contribution in [0.4, 0.5) is 0 Å².